The van der Waals surface area contributed by atoms with Gasteiger partial charge in [0.15, 0.2) is 5.75 Å². The molecule has 2 unspecified atom stereocenters. The van der Waals surface area contributed by atoms with Crippen LogP contribution in [0.2, 0.25) is 0 Å². The van der Waals surface area contributed by atoms with E-state index in [2.05, 4.69) is 5.32 Å². The lowest BCUT2D eigenvalue weighted by atomic mass is 10.1. The molecule has 1 aliphatic heterocycles. The molecule has 0 saturated carbocycles. The van der Waals surface area contributed by atoms with Gasteiger partial charge < -0.3 is 24.6 Å². The highest BCUT2D eigenvalue weighted by atomic mass is 19.1. The minimum atomic E-state index is -0.788. The lowest BCUT2D eigenvalue weighted by molar-refractivity contribution is -0.143. The summed E-state index contributed by atoms with van der Waals surface area (Å²) >= 11 is 0. The molecule has 9 heteroatoms. The minimum absolute atomic E-state index is 0.159. The number of carbonyl (C=O) groups excluding carboxylic acids is 2. The SMILES string of the molecule is Cc1c(O)c(=O)c(C(=O)NC(C)c2ccc(F)cc2)cn1CC1OCCCN1C=O. The molecule has 0 aliphatic carbocycles. The van der Waals surface area contributed by atoms with E-state index in [-0.39, 0.29) is 17.8 Å². The normalized spacial score (nSPS) is 17.4. The highest BCUT2D eigenvalue weighted by molar-refractivity contribution is 5.94. The van der Waals surface area contributed by atoms with E-state index in [1.165, 1.54) is 27.8 Å². The predicted molar refractivity (Wildman–Crippen MR) is 107 cm³/mol. The van der Waals surface area contributed by atoms with Gasteiger partial charge in [-0.15, -0.1) is 0 Å². The fraction of sp³-hybridized carbons (Fsp3) is 0.381. The number of rotatable bonds is 6. The van der Waals surface area contributed by atoms with Crippen LogP contribution in [0.4, 0.5) is 4.39 Å². The molecule has 1 aliphatic rings. The zero-order chi connectivity index (χ0) is 21.8. The predicted octanol–water partition coefficient (Wildman–Crippen LogP) is 1.70. The third-order valence-electron chi connectivity index (χ3n) is 5.21. The first-order valence-corrected chi connectivity index (χ1v) is 9.63. The van der Waals surface area contributed by atoms with Crippen LogP contribution in [0.1, 0.15) is 41.0 Å². The Hall–Kier alpha value is -3.20. The molecular weight excluding hydrogens is 393 g/mol. The molecule has 0 bridgehead atoms. The number of hydrogen-bond acceptors (Lipinski definition) is 5. The first kappa shape index (κ1) is 21.5. The summed E-state index contributed by atoms with van der Waals surface area (Å²) in [5, 5.41) is 13.0. The number of ether oxygens (including phenoxy) is 1. The van der Waals surface area contributed by atoms with E-state index in [1.807, 2.05) is 0 Å². The third kappa shape index (κ3) is 4.51. The van der Waals surface area contributed by atoms with Crippen LogP contribution < -0.4 is 10.7 Å². The van der Waals surface area contributed by atoms with Gasteiger partial charge in [-0.25, -0.2) is 4.39 Å². The van der Waals surface area contributed by atoms with Gasteiger partial charge in [0.2, 0.25) is 11.8 Å². The van der Waals surface area contributed by atoms with Crippen LogP contribution >= 0.6 is 0 Å². The van der Waals surface area contributed by atoms with Gasteiger partial charge in [0.25, 0.3) is 5.91 Å². The molecule has 2 N–H and O–H groups in total. The molecule has 30 heavy (non-hydrogen) atoms. The van der Waals surface area contributed by atoms with Crippen LogP contribution in [0.5, 0.6) is 5.75 Å². The Morgan fingerprint density at radius 1 is 1.40 bits per heavy atom. The summed E-state index contributed by atoms with van der Waals surface area (Å²) in [4.78, 5) is 38.0. The second-order valence-corrected chi connectivity index (χ2v) is 7.23. The van der Waals surface area contributed by atoms with Crippen LogP contribution in [0, 0.1) is 12.7 Å². The molecule has 2 atom stereocenters. The Labute approximate surface area is 172 Å². The molecule has 0 radical (unpaired) electrons. The van der Waals surface area contributed by atoms with Crippen LogP contribution in [0.3, 0.4) is 0 Å². The maximum Gasteiger partial charge on any atom is 0.257 e. The molecule has 1 fully saturated rings. The number of carbonyl (C=O) groups is 2. The first-order valence-electron chi connectivity index (χ1n) is 9.63. The Morgan fingerprint density at radius 3 is 2.77 bits per heavy atom. The second-order valence-electron chi connectivity index (χ2n) is 7.23. The zero-order valence-corrected chi connectivity index (χ0v) is 16.8. The van der Waals surface area contributed by atoms with Gasteiger partial charge in [-0.2, -0.15) is 0 Å². The van der Waals surface area contributed by atoms with Crippen molar-refractivity contribution in [3.63, 3.8) is 0 Å². The second kappa shape index (κ2) is 9.08. The van der Waals surface area contributed by atoms with Gasteiger partial charge >= 0.3 is 0 Å². The Kier molecular flexibility index (Phi) is 6.51. The Bertz CT molecular complexity index is 989. The third-order valence-corrected chi connectivity index (χ3v) is 5.21. The van der Waals surface area contributed by atoms with E-state index in [9.17, 15) is 23.9 Å². The van der Waals surface area contributed by atoms with Crippen LogP contribution in [0.25, 0.3) is 0 Å². The lowest BCUT2D eigenvalue weighted by Gasteiger charge is -2.33. The van der Waals surface area contributed by atoms with E-state index >= 15 is 0 Å². The summed E-state index contributed by atoms with van der Waals surface area (Å²) in [5.74, 6) is -1.60. The molecule has 1 aromatic carbocycles. The van der Waals surface area contributed by atoms with E-state index in [0.717, 1.165) is 6.42 Å². The number of nitrogens with zero attached hydrogens (tertiary/aromatic N) is 2. The molecule has 8 nitrogen and oxygen atoms in total. The molecule has 1 aromatic heterocycles. The molecule has 2 aromatic rings. The summed E-state index contributed by atoms with van der Waals surface area (Å²) < 4.78 is 20.3. The van der Waals surface area contributed by atoms with Gasteiger partial charge in [0.1, 0.15) is 17.6 Å². The number of nitrogens with one attached hydrogen (secondary N) is 1. The van der Waals surface area contributed by atoms with Gasteiger partial charge in [0.05, 0.1) is 24.9 Å². The van der Waals surface area contributed by atoms with Gasteiger partial charge in [-0.05, 0) is 38.0 Å². The van der Waals surface area contributed by atoms with Crippen molar-refractivity contribution in [2.24, 2.45) is 0 Å². The van der Waals surface area contributed by atoms with Crippen LogP contribution in [-0.2, 0) is 16.1 Å². The van der Waals surface area contributed by atoms with Crippen molar-refractivity contribution >= 4 is 12.3 Å². The van der Waals surface area contributed by atoms with Crippen LogP contribution in [-0.4, -0.2) is 46.3 Å². The number of benzene rings is 1. The standard InChI is InChI=1S/C21H24FN3O5/c1-13(15-4-6-16(22)7-5-15)23-21(29)17-10-25(14(2)19(27)20(17)28)11-18-24(12-26)8-3-9-30-18/h4-7,10,12-13,18,27H,3,8-9,11H2,1-2H3,(H,23,29). The molecular formula is C21H24FN3O5. The highest BCUT2D eigenvalue weighted by Crippen LogP contribution is 2.18. The summed E-state index contributed by atoms with van der Waals surface area (Å²) in [6, 6.07) is 5.16. The van der Waals surface area contributed by atoms with Crippen molar-refractivity contribution < 1.29 is 23.8 Å². The number of halogens is 1. The van der Waals surface area contributed by atoms with Gasteiger partial charge in [0, 0.05) is 12.7 Å². The smallest absolute Gasteiger partial charge is 0.257 e. The fourth-order valence-corrected chi connectivity index (χ4v) is 3.35. The summed E-state index contributed by atoms with van der Waals surface area (Å²) in [6.07, 6.45) is 2.20. The average molecular weight is 417 g/mol. The molecule has 1 saturated heterocycles. The van der Waals surface area contributed by atoms with Crippen molar-refractivity contribution in [2.45, 2.75) is 39.1 Å². The molecule has 2 amide bonds. The Balaban J connectivity index is 1.85. The van der Waals surface area contributed by atoms with Crippen molar-refractivity contribution in [1.29, 1.82) is 0 Å². The minimum Gasteiger partial charge on any atom is -0.503 e. The van der Waals surface area contributed by atoms with Crippen molar-refractivity contribution in [1.82, 2.24) is 14.8 Å². The van der Waals surface area contributed by atoms with E-state index < -0.39 is 35.2 Å². The zero-order valence-electron chi connectivity index (χ0n) is 16.8. The number of aromatic hydroxyl groups is 1. The molecule has 3 rings (SSSR count). The van der Waals surface area contributed by atoms with Crippen molar-refractivity contribution in [3.8, 4) is 5.75 Å². The van der Waals surface area contributed by atoms with Gasteiger partial charge in [-0.1, -0.05) is 12.1 Å². The molecule has 0 spiro atoms. The van der Waals surface area contributed by atoms with Crippen molar-refractivity contribution in [2.75, 3.05) is 13.2 Å². The van der Waals surface area contributed by atoms with Crippen LogP contribution in [0.15, 0.2) is 35.3 Å². The molecule has 2 heterocycles. The average Bonchev–Trinajstić information content (AvgIpc) is 2.74. The number of hydrogen-bond donors (Lipinski definition) is 2. The summed E-state index contributed by atoms with van der Waals surface area (Å²) in [6.45, 7) is 4.44. The summed E-state index contributed by atoms with van der Waals surface area (Å²) in [5.41, 5.74) is -0.0910. The van der Waals surface area contributed by atoms with E-state index in [0.29, 0.717) is 25.1 Å². The van der Waals surface area contributed by atoms with Gasteiger partial charge in [-0.3, -0.25) is 14.4 Å². The Morgan fingerprint density at radius 2 is 2.10 bits per heavy atom. The monoisotopic (exact) mass is 417 g/mol. The quantitative estimate of drug-likeness (QED) is 0.697. The van der Waals surface area contributed by atoms with E-state index in [4.69, 9.17) is 4.74 Å². The maximum atomic E-state index is 13.1. The number of amides is 2. The highest BCUT2D eigenvalue weighted by Gasteiger charge is 2.25. The fourth-order valence-electron chi connectivity index (χ4n) is 3.35. The van der Waals surface area contributed by atoms with E-state index in [1.54, 1.807) is 26.0 Å². The first-order chi connectivity index (χ1) is 14.3. The largest absolute Gasteiger partial charge is 0.503 e. The topological polar surface area (TPSA) is 101 Å². The lowest BCUT2D eigenvalue weighted by Crippen LogP contribution is -2.44. The molecule has 160 valence electrons. The number of aromatic nitrogens is 1. The van der Waals surface area contributed by atoms with Crippen molar-refractivity contribution in [3.05, 3.63) is 63.3 Å². The number of pyridine rings is 1. The maximum absolute atomic E-state index is 13.1. The summed E-state index contributed by atoms with van der Waals surface area (Å²) in [7, 11) is 0.